The van der Waals surface area contributed by atoms with Gasteiger partial charge in [-0.1, -0.05) is 50.0 Å². The summed E-state index contributed by atoms with van der Waals surface area (Å²) in [7, 11) is -1.23. The lowest BCUT2D eigenvalue weighted by atomic mass is 9.95. The van der Waals surface area contributed by atoms with Crippen LogP contribution in [-0.4, -0.2) is 99.6 Å². The number of imidazole rings is 2. The quantitative estimate of drug-likeness (QED) is 0.0264. The monoisotopic (exact) mass is 1040 g/mol. The minimum Gasteiger partial charge on any atom is -0.492 e. The Kier molecular flexibility index (Phi) is 19.4. The second-order valence-electron chi connectivity index (χ2n) is 20.0. The molecule has 0 aliphatic heterocycles. The Morgan fingerprint density at radius 3 is 1.72 bits per heavy atom. The molecule has 0 fully saturated rings. The number of esters is 3. The molecule has 0 aliphatic rings. The standard InChI is InChI=1S/C35H43N3O6Si.C22H23N3O5/c1-7-42-33(39)31-22-38(25-41-19-20-45(4,5)6)32(37-31)28-15-18-30(36-21-28)27-13-16-29(17-14-27)44-24-35(2,3)34(40)43-23-26-11-9-8-10-12-26;1-4-29-20(26)18-12-24-19(25-18)15-7-10-17(23-11-15)14-5-8-16(9-6-14)30-13-22(2,3)21(27)28/h8-18,21-22H,7,19-20,23-25H2,1-6H3;5-12H,4,13H2,1-3H3,(H,24,25)(H,27,28). The molecule has 0 saturated heterocycles. The van der Waals surface area contributed by atoms with Gasteiger partial charge in [0.2, 0.25) is 0 Å². The van der Waals surface area contributed by atoms with Gasteiger partial charge in [-0.3, -0.25) is 19.6 Å². The molecule has 7 aromatic rings. The zero-order valence-corrected chi connectivity index (χ0v) is 45.0. The molecule has 0 bridgehead atoms. The van der Waals surface area contributed by atoms with E-state index in [0.717, 1.165) is 45.2 Å². The number of aromatic nitrogens is 6. The maximum Gasteiger partial charge on any atom is 0.358 e. The van der Waals surface area contributed by atoms with E-state index in [2.05, 4.69) is 44.6 Å². The van der Waals surface area contributed by atoms with E-state index in [0.29, 0.717) is 36.4 Å². The van der Waals surface area contributed by atoms with Crippen LogP contribution in [0.5, 0.6) is 11.5 Å². The third-order valence-corrected chi connectivity index (χ3v) is 13.2. The lowest BCUT2D eigenvalue weighted by Gasteiger charge is -2.23. The van der Waals surface area contributed by atoms with Crippen molar-refractivity contribution in [3.05, 3.63) is 145 Å². The topological polar surface area (TPSA) is 216 Å². The molecule has 0 saturated carbocycles. The van der Waals surface area contributed by atoms with Crippen molar-refractivity contribution < 1.29 is 52.7 Å². The highest BCUT2D eigenvalue weighted by molar-refractivity contribution is 6.76. The maximum atomic E-state index is 12.7. The van der Waals surface area contributed by atoms with Gasteiger partial charge in [0.1, 0.15) is 55.4 Å². The van der Waals surface area contributed by atoms with Crippen molar-refractivity contribution in [3.63, 3.8) is 0 Å². The van der Waals surface area contributed by atoms with Crippen molar-refractivity contribution in [1.82, 2.24) is 29.5 Å². The summed E-state index contributed by atoms with van der Waals surface area (Å²) in [4.78, 5) is 68.8. The Bertz CT molecular complexity index is 2970. The Morgan fingerprint density at radius 2 is 1.19 bits per heavy atom. The molecule has 0 aliphatic carbocycles. The van der Waals surface area contributed by atoms with Gasteiger partial charge < -0.3 is 43.1 Å². The van der Waals surface area contributed by atoms with Gasteiger partial charge >= 0.3 is 23.9 Å². The van der Waals surface area contributed by atoms with E-state index in [9.17, 15) is 19.2 Å². The molecule has 17 nitrogen and oxygen atoms in total. The van der Waals surface area contributed by atoms with Gasteiger partial charge in [-0.05, 0) is 126 Å². The second kappa shape index (κ2) is 25.8. The van der Waals surface area contributed by atoms with Crippen LogP contribution in [0.4, 0.5) is 0 Å². The first-order valence-corrected chi connectivity index (χ1v) is 28.3. The summed E-state index contributed by atoms with van der Waals surface area (Å²) in [6.07, 6.45) is 6.51. The number of carboxylic acids is 1. The first kappa shape index (κ1) is 56.3. The minimum atomic E-state index is -1.23. The molecule has 18 heteroatoms. The van der Waals surface area contributed by atoms with Crippen LogP contribution in [-0.2, 0) is 41.9 Å². The third kappa shape index (κ3) is 16.5. The summed E-state index contributed by atoms with van der Waals surface area (Å²) in [6, 6.07) is 33.0. The zero-order chi connectivity index (χ0) is 54.2. The number of pyridine rings is 2. The Morgan fingerprint density at radius 1 is 0.640 bits per heavy atom. The molecular weight excluding hydrogens is 973 g/mol. The van der Waals surface area contributed by atoms with Gasteiger partial charge in [0.15, 0.2) is 5.69 Å². The number of benzene rings is 3. The fourth-order valence-corrected chi connectivity index (χ4v) is 7.54. The lowest BCUT2D eigenvalue weighted by molar-refractivity contribution is -0.157. The van der Waals surface area contributed by atoms with Gasteiger partial charge in [0.05, 0.1) is 41.6 Å². The summed E-state index contributed by atoms with van der Waals surface area (Å²) in [6.45, 7) is 19.2. The number of hydrogen-bond acceptors (Lipinski definition) is 14. The van der Waals surface area contributed by atoms with Crippen molar-refractivity contribution >= 4 is 32.0 Å². The zero-order valence-electron chi connectivity index (χ0n) is 44.0. The molecule has 0 unspecified atom stereocenters. The summed E-state index contributed by atoms with van der Waals surface area (Å²) in [5.41, 5.74) is 4.49. The molecule has 3 aromatic carbocycles. The fraction of sp³-hybridized carbons (Fsp3) is 0.333. The number of aliphatic carboxylic acids is 1. The average molecular weight is 1040 g/mol. The Balaban J connectivity index is 0.000000264. The largest absolute Gasteiger partial charge is 0.492 e. The van der Waals surface area contributed by atoms with Gasteiger partial charge in [0.25, 0.3) is 0 Å². The molecule has 0 spiro atoms. The van der Waals surface area contributed by atoms with Crippen molar-refractivity contribution in [3.8, 4) is 56.8 Å². The molecule has 4 heterocycles. The molecule has 0 radical (unpaired) electrons. The number of H-pyrrole nitrogens is 1. The van der Waals surface area contributed by atoms with Gasteiger partial charge in [-0.25, -0.2) is 19.6 Å². The second-order valence-corrected chi connectivity index (χ2v) is 25.6. The van der Waals surface area contributed by atoms with E-state index in [1.54, 1.807) is 72.3 Å². The summed E-state index contributed by atoms with van der Waals surface area (Å²) in [5, 5.41) is 9.15. The summed E-state index contributed by atoms with van der Waals surface area (Å²) in [5.74, 6) is 0.193. The first-order valence-electron chi connectivity index (χ1n) is 24.6. The van der Waals surface area contributed by atoms with Gasteiger partial charge in [0, 0.05) is 55.5 Å². The Labute approximate surface area is 438 Å². The van der Waals surface area contributed by atoms with Crippen molar-refractivity contribution in [2.24, 2.45) is 10.8 Å². The molecule has 0 amide bonds. The molecule has 0 atom stereocenters. The lowest BCUT2D eigenvalue weighted by Crippen LogP contribution is -2.32. The third-order valence-electron chi connectivity index (χ3n) is 11.5. The number of carboxylic acid groups (broad SMARTS) is 1. The normalized spacial score (nSPS) is 11.5. The maximum absolute atomic E-state index is 12.7. The highest BCUT2D eigenvalue weighted by Gasteiger charge is 2.31. The molecular formula is C57H66N6O11Si. The summed E-state index contributed by atoms with van der Waals surface area (Å²) < 4.78 is 34.9. The van der Waals surface area contributed by atoms with Crippen LogP contribution in [0.3, 0.4) is 0 Å². The van der Waals surface area contributed by atoms with E-state index in [1.165, 1.54) is 6.20 Å². The Hall–Kier alpha value is -7.96. The van der Waals surface area contributed by atoms with Crippen molar-refractivity contribution in [1.29, 1.82) is 0 Å². The molecule has 75 heavy (non-hydrogen) atoms. The number of aromatic amines is 1. The van der Waals surface area contributed by atoms with Crippen LogP contribution in [0.25, 0.3) is 45.3 Å². The number of rotatable bonds is 23. The highest BCUT2D eigenvalue weighted by Crippen LogP contribution is 2.28. The number of carbonyl (C=O) groups is 4. The number of nitrogens with zero attached hydrogens (tertiary/aromatic N) is 5. The highest BCUT2D eigenvalue weighted by atomic mass is 28.3. The van der Waals surface area contributed by atoms with E-state index in [1.807, 2.05) is 95.6 Å². The first-order chi connectivity index (χ1) is 35.7. The molecule has 7 rings (SSSR count). The van der Waals surface area contributed by atoms with Crippen molar-refractivity contribution in [2.75, 3.05) is 33.0 Å². The fourth-order valence-electron chi connectivity index (χ4n) is 6.78. The molecule has 4 aromatic heterocycles. The van der Waals surface area contributed by atoms with Crippen LogP contribution in [0.1, 0.15) is 68.1 Å². The van der Waals surface area contributed by atoms with Gasteiger partial charge in [-0.15, -0.1) is 0 Å². The number of hydrogen-bond donors (Lipinski definition) is 2. The van der Waals surface area contributed by atoms with Crippen LogP contribution in [0.2, 0.25) is 25.7 Å². The SMILES string of the molecule is CCOC(=O)c1cn(COCC[Si](C)(C)C)c(-c2ccc(-c3ccc(OCC(C)(C)C(=O)OCc4ccccc4)cc3)nc2)n1.CCOC(=O)c1cnc(-c2ccc(-c3ccc(OCC(C)(C)C(=O)O)cc3)nc2)[nH]1. The van der Waals surface area contributed by atoms with E-state index in [-0.39, 0.29) is 50.5 Å². The van der Waals surface area contributed by atoms with Crippen LogP contribution < -0.4 is 9.47 Å². The number of ether oxygens (including phenoxy) is 6. The summed E-state index contributed by atoms with van der Waals surface area (Å²) >= 11 is 0. The minimum absolute atomic E-state index is 0.0750. The van der Waals surface area contributed by atoms with E-state index >= 15 is 0 Å². The smallest absolute Gasteiger partial charge is 0.358 e. The predicted octanol–water partition coefficient (Wildman–Crippen LogP) is 11.1. The van der Waals surface area contributed by atoms with Crippen LogP contribution >= 0.6 is 0 Å². The number of nitrogens with one attached hydrogen (secondary N) is 1. The van der Waals surface area contributed by atoms with E-state index in [4.69, 9.17) is 33.5 Å². The molecule has 2 N–H and O–H groups in total. The van der Waals surface area contributed by atoms with E-state index < -0.39 is 36.8 Å². The van der Waals surface area contributed by atoms with Crippen molar-refractivity contribution in [2.45, 2.75) is 80.6 Å². The average Bonchev–Trinajstić information content (AvgIpc) is 4.08. The van der Waals surface area contributed by atoms with Gasteiger partial charge in [-0.2, -0.15) is 0 Å². The predicted molar refractivity (Wildman–Crippen MR) is 287 cm³/mol. The van der Waals surface area contributed by atoms with Crippen LogP contribution in [0, 0.1) is 10.8 Å². The molecule has 394 valence electrons. The van der Waals surface area contributed by atoms with Crippen LogP contribution in [0.15, 0.2) is 128 Å². The number of carbonyl (C=O) groups excluding carboxylic acids is 3.